The van der Waals surface area contributed by atoms with Gasteiger partial charge >= 0.3 is 0 Å². The highest BCUT2D eigenvalue weighted by Gasteiger charge is 2.39. The fourth-order valence-electron chi connectivity index (χ4n) is 1.34. The molecule has 1 rings (SSSR count). The molecule has 0 unspecified atom stereocenters. The largest absolute Gasteiger partial charge is 0.394 e. The summed E-state index contributed by atoms with van der Waals surface area (Å²) < 4.78 is 0. The van der Waals surface area contributed by atoms with Gasteiger partial charge in [0, 0.05) is 5.92 Å². The van der Waals surface area contributed by atoms with Gasteiger partial charge in [-0.3, -0.25) is 0 Å². The molecule has 0 aromatic carbocycles. The van der Waals surface area contributed by atoms with Gasteiger partial charge in [0.15, 0.2) is 0 Å². The zero-order chi connectivity index (χ0) is 7.78. The van der Waals surface area contributed by atoms with Crippen LogP contribution in [0.2, 0.25) is 0 Å². The monoisotopic (exact) mass is 168 g/mol. The molecule has 0 saturated heterocycles. The predicted molar refractivity (Wildman–Crippen MR) is 38.8 cm³/mol. The first-order valence-corrected chi connectivity index (χ1v) is 4.27. The smallest absolute Gasteiger partial charge is 0.126 e. The van der Waals surface area contributed by atoms with Crippen LogP contribution < -0.4 is 0 Å². The van der Waals surface area contributed by atoms with E-state index in [1.165, 1.54) is 0 Å². The van der Waals surface area contributed by atoms with Crippen molar-refractivity contribution in [3.05, 3.63) is 0 Å². The van der Waals surface area contributed by atoms with Crippen molar-refractivity contribution in [2.24, 2.45) is 5.92 Å². The highest BCUT2D eigenvalue weighted by molar-refractivity contribution is 6.58. The summed E-state index contributed by atoms with van der Waals surface area (Å²) in [6.07, 6.45) is 2.33. The van der Waals surface area contributed by atoms with Crippen molar-refractivity contribution in [2.45, 2.75) is 24.5 Å². The van der Waals surface area contributed by atoms with Gasteiger partial charge in [-0.05, 0) is 12.8 Å². The van der Waals surface area contributed by atoms with Crippen LogP contribution in [0.4, 0.5) is 0 Å². The zero-order valence-electron chi connectivity index (χ0n) is 5.55. The van der Waals surface area contributed by atoms with Crippen LogP contribution in [0, 0.1) is 5.92 Å². The van der Waals surface area contributed by atoms with E-state index in [4.69, 9.17) is 0 Å². The molecule has 0 amide bonds. The molecule has 0 aromatic heterocycles. The van der Waals surface area contributed by atoms with Crippen molar-refractivity contribution < 1.29 is 9.90 Å². The Kier molecular flexibility index (Phi) is 2.12. The molecule has 1 N–H and O–H groups in total. The van der Waals surface area contributed by atoms with Crippen LogP contribution in [-0.2, 0) is 4.79 Å². The summed E-state index contributed by atoms with van der Waals surface area (Å²) in [5.41, 5.74) is 0. The quantitative estimate of drug-likeness (QED) is 0.528. The molecule has 2 nitrogen and oxygen atoms in total. The van der Waals surface area contributed by atoms with E-state index in [-0.39, 0.29) is 11.3 Å². The average Bonchev–Trinajstić information content (AvgIpc) is 2.08. The molecule has 0 spiro atoms. The maximum absolute atomic E-state index is 10.8. The van der Waals surface area contributed by atoms with E-state index in [9.17, 15) is 9.90 Å². The first-order chi connectivity index (χ1) is 4.54. The SMILES string of the molecule is O=C([Si])[C@@H]1CCC[C@]1(O)[Si]. The molecule has 0 heterocycles. The molecule has 0 aliphatic heterocycles. The fraction of sp³-hybridized carbons (Fsp3) is 0.833. The molecule has 6 radical (unpaired) electrons. The lowest BCUT2D eigenvalue weighted by molar-refractivity contribution is -0.118. The number of rotatable bonds is 1. The summed E-state index contributed by atoms with van der Waals surface area (Å²) in [4.78, 5) is 10.8. The Morgan fingerprint density at radius 3 is 2.50 bits per heavy atom. The predicted octanol–water partition coefficient (Wildman–Crippen LogP) is -0.661. The number of hydrogen-bond donors (Lipinski definition) is 1. The molecule has 10 heavy (non-hydrogen) atoms. The van der Waals surface area contributed by atoms with Crippen molar-refractivity contribution in [1.29, 1.82) is 0 Å². The van der Waals surface area contributed by atoms with E-state index in [0.29, 0.717) is 6.42 Å². The normalized spacial score (nSPS) is 40.1. The van der Waals surface area contributed by atoms with Gasteiger partial charge < -0.3 is 9.90 Å². The van der Waals surface area contributed by atoms with E-state index in [1.54, 1.807) is 0 Å². The summed E-state index contributed by atoms with van der Waals surface area (Å²) in [6.45, 7) is 0. The number of carbonyl (C=O) groups is 1. The van der Waals surface area contributed by atoms with Gasteiger partial charge in [-0.1, -0.05) is 6.42 Å². The Hall–Kier alpha value is 0.0638. The number of carbonyl (C=O) groups excluding carboxylic acids is 1. The topological polar surface area (TPSA) is 37.3 Å². The molecule has 1 saturated carbocycles. The third-order valence-electron chi connectivity index (χ3n) is 1.94. The van der Waals surface area contributed by atoms with Crippen LogP contribution in [0.25, 0.3) is 0 Å². The minimum atomic E-state index is -0.959. The van der Waals surface area contributed by atoms with E-state index >= 15 is 0 Å². The van der Waals surface area contributed by atoms with Gasteiger partial charge in [-0.15, -0.1) is 0 Å². The Bertz CT molecular complexity index is 156. The Labute approximate surface area is 66.9 Å². The van der Waals surface area contributed by atoms with Gasteiger partial charge in [-0.25, -0.2) is 0 Å². The van der Waals surface area contributed by atoms with Crippen molar-refractivity contribution in [2.75, 3.05) is 0 Å². The van der Waals surface area contributed by atoms with Crippen molar-refractivity contribution in [3.63, 3.8) is 0 Å². The first kappa shape index (κ1) is 8.16. The average molecular weight is 168 g/mol. The van der Waals surface area contributed by atoms with Gasteiger partial charge in [0.2, 0.25) is 0 Å². The second-order valence-corrected chi connectivity index (χ2v) is 4.09. The highest BCUT2D eigenvalue weighted by Crippen LogP contribution is 2.32. The summed E-state index contributed by atoms with van der Waals surface area (Å²) in [5.74, 6) is -0.277. The molecular formula is C6H8O2Si2. The lowest BCUT2D eigenvalue weighted by Gasteiger charge is -2.22. The van der Waals surface area contributed by atoms with Crippen LogP contribution >= 0.6 is 0 Å². The first-order valence-electron chi connectivity index (χ1n) is 3.27. The minimum Gasteiger partial charge on any atom is -0.394 e. The Morgan fingerprint density at radius 1 is 1.70 bits per heavy atom. The zero-order valence-corrected chi connectivity index (χ0v) is 7.55. The maximum Gasteiger partial charge on any atom is 0.126 e. The molecular weight excluding hydrogens is 160 g/mol. The Balaban J connectivity index is 2.68. The van der Waals surface area contributed by atoms with Gasteiger partial charge in [0.05, 0.1) is 15.5 Å². The van der Waals surface area contributed by atoms with E-state index < -0.39 is 5.22 Å². The van der Waals surface area contributed by atoms with Crippen molar-refractivity contribution in [3.8, 4) is 0 Å². The summed E-state index contributed by atoms with van der Waals surface area (Å²) in [5, 5.41) is 8.41. The number of aliphatic hydroxyl groups is 1. The summed E-state index contributed by atoms with van der Waals surface area (Å²) in [7, 11) is 6.06. The molecule has 1 aliphatic rings. The molecule has 2 atom stereocenters. The second kappa shape index (κ2) is 2.60. The lowest BCUT2D eigenvalue weighted by Crippen LogP contribution is -2.38. The van der Waals surface area contributed by atoms with E-state index in [2.05, 4.69) is 20.5 Å². The fourth-order valence-corrected chi connectivity index (χ4v) is 2.32. The summed E-state index contributed by atoms with van der Waals surface area (Å²) >= 11 is 0. The van der Waals surface area contributed by atoms with Crippen LogP contribution in [-0.4, -0.2) is 36.2 Å². The van der Waals surface area contributed by atoms with Crippen LogP contribution in [0.1, 0.15) is 19.3 Å². The van der Waals surface area contributed by atoms with Gasteiger partial charge in [-0.2, -0.15) is 0 Å². The van der Waals surface area contributed by atoms with E-state index in [0.717, 1.165) is 12.8 Å². The molecule has 52 valence electrons. The Morgan fingerprint density at radius 2 is 2.30 bits per heavy atom. The van der Waals surface area contributed by atoms with Crippen molar-refractivity contribution >= 4 is 25.9 Å². The molecule has 1 aliphatic carbocycles. The molecule has 1 fully saturated rings. The summed E-state index contributed by atoms with van der Waals surface area (Å²) in [6, 6.07) is 0. The molecule has 0 bridgehead atoms. The van der Waals surface area contributed by atoms with Crippen LogP contribution in [0.5, 0.6) is 0 Å². The van der Waals surface area contributed by atoms with Gasteiger partial charge in [0.25, 0.3) is 0 Å². The third kappa shape index (κ3) is 1.38. The van der Waals surface area contributed by atoms with Crippen LogP contribution in [0.15, 0.2) is 0 Å². The van der Waals surface area contributed by atoms with Crippen LogP contribution in [0.3, 0.4) is 0 Å². The lowest BCUT2D eigenvalue weighted by atomic mass is 10.1. The second-order valence-electron chi connectivity index (χ2n) is 2.73. The third-order valence-corrected chi connectivity index (χ3v) is 2.89. The molecule has 0 aromatic rings. The standard InChI is InChI=1S/C6H8O2Si2/c7-5(9)4-2-1-3-6(4,8)10/h4,8H,1-3H2/t4-,6-/m0/s1. The number of hydrogen-bond acceptors (Lipinski definition) is 2. The van der Waals surface area contributed by atoms with Crippen molar-refractivity contribution in [1.82, 2.24) is 0 Å². The minimum absolute atomic E-state index is 0.116. The highest BCUT2D eigenvalue weighted by atomic mass is 28.1. The maximum atomic E-state index is 10.8. The van der Waals surface area contributed by atoms with E-state index in [1.807, 2.05) is 0 Å². The van der Waals surface area contributed by atoms with Gasteiger partial charge in [0.1, 0.15) is 15.6 Å². The molecule has 4 heteroatoms.